The predicted octanol–water partition coefficient (Wildman–Crippen LogP) is 3.03. The highest BCUT2D eigenvalue weighted by Gasteiger charge is 2.34. The quantitative estimate of drug-likeness (QED) is 0.663. The Morgan fingerprint density at radius 1 is 1.32 bits per heavy atom. The maximum Gasteiger partial charge on any atom is 0.308 e. The summed E-state index contributed by atoms with van der Waals surface area (Å²) in [5, 5.41) is 15.3. The number of likely N-dealkylation sites (tertiary alicyclic amines) is 1. The molecule has 1 atom stereocenters. The fourth-order valence-electron chi connectivity index (χ4n) is 3.84. The lowest BCUT2D eigenvalue weighted by Gasteiger charge is -2.36. The van der Waals surface area contributed by atoms with Gasteiger partial charge in [-0.25, -0.2) is 4.98 Å². The van der Waals surface area contributed by atoms with Crippen molar-refractivity contribution in [2.24, 2.45) is 5.92 Å². The average molecular weight is 401 g/mol. The van der Waals surface area contributed by atoms with Gasteiger partial charge in [0.15, 0.2) is 5.82 Å². The number of aryl methyl sites for hydroxylation is 1. The second-order valence-corrected chi connectivity index (χ2v) is 8.02. The third-order valence-electron chi connectivity index (χ3n) is 5.35. The van der Waals surface area contributed by atoms with Gasteiger partial charge in [-0.05, 0) is 31.5 Å². The SMILES string of the molecule is CCc1nc2sc(C(c3ccccc3)N3CCC(C(=O)OC)CC3)c(O)n2n1. The number of piperidine rings is 1. The zero-order chi connectivity index (χ0) is 19.7. The molecule has 4 rings (SSSR count). The van der Waals surface area contributed by atoms with E-state index in [1.165, 1.54) is 23.0 Å². The van der Waals surface area contributed by atoms with Gasteiger partial charge in [0.05, 0.1) is 23.9 Å². The van der Waals surface area contributed by atoms with Crippen LogP contribution in [0.2, 0.25) is 0 Å². The van der Waals surface area contributed by atoms with Gasteiger partial charge in [0.1, 0.15) is 0 Å². The first-order valence-corrected chi connectivity index (χ1v) is 10.4. The Hall–Kier alpha value is -2.45. The van der Waals surface area contributed by atoms with Gasteiger partial charge in [0.2, 0.25) is 10.8 Å². The predicted molar refractivity (Wildman–Crippen MR) is 107 cm³/mol. The number of carbonyl (C=O) groups is 1. The summed E-state index contributed by atoms with van der Waals surface area (Å²) < 4.78 is 6.45. The number of hydrogen-bond acceptors (Lipinski definition) is 7. The lowest BCUT2D eigenvalue weighted by Crippen LogP contribution is -2.39. The molecule has 0 aliphatic carbocycles. The van der Waals surface area contributed by atoms with Gasteiger partial charge in [-0.1, -0.05) is 48.6 Å². The molecule has 0 spiro atoms. The molecule has 1 N–H and O–H groups in total. The van der Waals surface area contributed by atoms with Crippen LogP contribution in [0.4, 0.5) is 0 Å². The summed E-state index contributed by atoms with van der Waals surface area (Å²) in [5.74, 6) is 0.685. The van der Waals surface area contributed by atoms with Crippen molar-refractivity contribution < 1.29 is 14.6 Å². The standard InChI is InChI=1S/C20H24N4O3S/c1-3-15-21-20-24(22-15)18(25)17(28-20)16(13-7-5-4-6-8-13)23-11-9-14(10-12-23)19(26)27-2/h4-8,14,16,25H,3,9-12H2,1-2H3. The number of esters is 1. The smallest absolute Gasteiger partial charge is 0.308 e. The summed E-state index contributed by atoms with van der Waals surface area (Å²) in [6, 6.07) is 10.0. The van der Waals surface area contributed by atoms with Crippen LogP contribution in [0.5, 0.6) is 5.88 Å². The zero-order valence-electron chi connectivity index (χ0n) is 16.0. The monoisotopic (exact) mass is 400 g/mol. The van der Waals surface area contributed by atoms with Crippen molar-refractivity contribution in [2.75, 3.05) is 20.2 Å². The minimum atomic E-state index is -0.135. The van der Waals surface area contributed by atoms with E-state index in [1.54, 1.807) is 0 Å². The number of rotatable bonds is 5. The van der Waals surface area contributed by atoms with E-state index >= 15 is 0 Å². The summed E-state index contributed by atoms with van der Waals surface area (Å²) >= 11 is 1.47. The molecule has 1 aromatic carbocycles. The molecular weight excluding hydrogens is 376 g/mol. The summed E-state index contributed by atoms with van der Waals surface area (Å²) in [6.45, 7) is 3.51. The van der Waals surface area contributed by atoms with E-state index in [4.69, 9.17) is 4.74 Å². The fraction of sp³-hybridized carbons (Fsp3) is 0.450. The Balaban J connectivity index is 1.69. The highest BCUT2D eigenvalue weighted by atomic mass is 32.1. The minimum absolute atomic E-state index is 0.0549. The largest absolute Gasteiger partial charge is 0.492 e. The molecule has 1 aliphatic rings. The van der Waals surface area contributed by atoms with Crippen molar-refractivity contribution in [3.63, 3.8) is 0 Å². The Bertz CT molecular complexity index is 961. The fourth-order valence-corrected chi connectivity index (χ4v) is 4.98. The van der Waals surface area contributed by atoms with Crippen LogP contribution in [-0.2, 0) is 16.0 Å². The highest BCUT2D eigenvalue weighted by Crippen LogP contribution is 2.41. The molecule has 1 unspecified atom stereocenters. The van der Waals surface area contributed by atoms with E-state index < -0.39 is 0 Å². The van der Waals surface area contributed by atoms with Crippen LogP contribution in [0.3, 0.4) is 0 Å². The number of nitrogens with zero attached hydrogens (tertiary/aromatic N) is 4. The van der Waals surface area contributed by atoms with Crippen LogP contribution in [0, 0.1) is 5.92 Å². The number of aromatic hydroxyl groups is 1. The number of fused-ring (bicyclic) bond motifs is 1. The van der Waals surface area contributed by atoms with E-state index in [-0.39, 0.29) is 23.8 Å². The molecule has 28 heavy (non-hydrogen) atoms. The van der Waals surface area contributed by atoms with E-state index in [2.05, 4.69) is 27.1 Å². The summed E-state index contributed by atoms with van der Waals surface area (Å²) in [4.78, 5) is 20.2. The molecule has 3 aromatic rings. The van der Waals surface area contributed by atoms with Gasteiger partial charge in [0.25, 0.3) is 0 Å². The van der Waals surface area contributed by atoms with Crippen molar-refractivity contribution in [2.45, 2.75) is 32.2 Å². The Morgan fingerprint density at radius 3 is 2.64 bits per heavy atom. The third-order valence-corrected chi connectivity index (χ3v) is 6.43. The maximum atomic E-state index is 11.9. The van der Waals surface area contributed by atoms with Gasteiger partial charge in [0, 0.05) is 6.42 Å². The summed E-state index contributed by atoms with van der Waals surface area (Å²) in [5.41, 5.74) is 1.11. The molecule has 3 heterocycles. The van der Waals surface area contributed by atoms with Gasteiger partial charge in [-0.2, -0.15) is 4.52 Å². The molecule has 0 amide bonds. The van der Waals surface area contributed by atoms with Gasteiger partial charge >= 0.3 is 5.97 Å². The number of thiazole rings is 1. The van der Waals surface area contributed by atoms with Crippen molar-refractivity contribution in [1.82, 2.24) is 19.5 Å². The molecule has 0 radical (unpaired) electrons. The van der Waals surface area contributed by atoms with Crippen LogP contribution in [0.15, 0.2) is 30.3 Å². The van der Waals surface area contributed by atoms with Crippen LogP contribution in [0.25, 0.3) is 4.96 Å². The molecule has 148 valence electrons. The van der Waals surface area contributed by atoms with E-state index in [1.807, 2.05) is 25.1 Å². The van der Waals surface area contributed by atoms with Crippen LogP contribution < -0.4 is 0 Å². The van der Waals surface area contributed by atoms with Gasteiger partial charge in [-0.15, -0.1) is 5.10 Å². The first kappa shape index (κ1) is 18.9. The van der Waals surface area contributed by atoms with Crippen molar-refractivity contribution in [3.05, 3.63) is 46.6 Å². The Labute approximate surface area is 167 Å². The molecule has 2 aromatic heterocycles. The third kappa shape index (κ3) is 3.38. The minimum Gasteiger partial charge on any atom is -0.492 e. The molecule has 7 nitrogen and oxygen atoms in total. The molecule has 0 bridgehead atoms. The highest BCUT2D eigenvalue weighted by molar-refractivity contribution is 7.17. The number of benzene rings is 1. The number of ether oxygens (including phenoxy) is 1. The normalized spacial score (nSPS) is 17.1. The van der Waals surface area contributed by atoms with Crippen LogP contribution in [0.1, 0.15) is 42.1 Å². The first-order chi connectivity index (χ1) is 13.6. The van der Waals surface area contributed by atoms with Crippen molar-refractivity contribution >= 4 is 22.3 Å². The first-order valence-electron chi connectivity index (χ1n) is 9.56. The second kappa shape index (κ2) is 7.89. The van der Waals surface area contributed by atoms with Crippen LogP contribution in [-0.4, -0.2) is 50.8 Å². The van der Waals surface area contributed by atoms with Gasteiger partial charge < -0.3 is 9.84 Å². The number of aromatic nitrogens is 3. The number of methoxy groups -OCH3 is 1. The molecule has 8 heteroatoms. The molecule has 1 aliphatic heterocycles. The topological polar surface area (TPSA) is 80.0 Å². The van der Waals surface area contributed by atoms with E-state index in [9.17, 15) is 9.90 Å². The number of hydrogen-bond donors (Lipinski definition) is 1. The molecular formula is C20H24N4O3S. The molecule has 0 saturated carbocycles. The lowest BCUT2D eigenvalue weighted by atomic mass is 9.94. The second-order valence-electron chi connectivity index (χ2n) is 7.01. The van der Waals surface area contributed by atoms with E-state index in [0.717, 1.165) is 48.6 Å². The number of carbonyl (C=O) groups excluding carboxylic acids is 1. The molecule has 1 fully saturated rings. The van der Waals surface area contributed by atoms with Crippen molar-refractivity contribution in [3.8, 4) is 5.88 Å². The molecule has 1 saturated heterocycles. The van der Waals surface area contributed by atoms with E-state index in [0.29, 0.717) is 4.96 Å². The maximum absolute atomic E-state index is 11.9. The average Bonchev–Trinajstić information content (AvgIpc) is 3.28. The Kier molecular flexibility index (Phi) is 5.32. The Morgan fingerprint density at radius 2 is 2.04 bits per heavy atom. The van der Waals surface area contributed by atoms with Crippen molar-refractivity contribution in [1.29, 1.82) is 0 Å². The lowest BCUT2D eigenvalue weighted by molar-refractivity contribution is -0.147. The summed E-state index contributed by atoms with van der Waals surface area (Å²) in [6.07, 6.45) is 2.22. The zero-order valence-corrected chi connectivity index (χ0v) is 16.9. The van der Waals surface area contributed by atoms with Crippen LogP contribution >= 0.6 is 11.3 Å². The summed E-state index contributed by atoms with van der Waals surface area (Å²) in [7, 11) is 1.44. The van der Waals surface area contributed by atoms with Gasteiger partial charge in [-0.3, -0.25) is 9.69 Å².